The van der Waals surface area contributed by atoms with Gasteiger partial charge in [0.1, 0.15) is 5.58 Å². The van der Waals surface area contributed by atoms with Gasteiger partial charge in [-0.15, -0.1) is 18.2 Å². The first-order valence-corrected chi connectivity index (χ1v) is 24.3. The van der Waals surface area contributed by atoms with Crippen LogP contribution in [-0.4, -0.2) is 23.2 Å². The molecule has 1 radical (unpaired) electrons. The third-order valence-electron chi connectivity index (χ3n) is 8.97. The van der Waals surface area contributed by atoms with E-state index in [1.807, 2.05) is 74.6 Å². The van der Waals surface area contributed by atoms with Gasteiger partial charge in [0, 0.05) is 33.1 Å². The van der Waals surface area contributed by atoms with E-state index >= 15 is 0 Å². The Morgan fingerprint density at radius 3 is 2.02 bits per heavy atom. The fraction of sp³-hybridized carbons (Fsp3) is 0.130. The molecule has 0 amide bonds. The number of hydrogen-bond donors (Lipinski definition) is 0. The molecule has 0 saturated heterocycles. The van der Waals surface area contributed by atoms with E-state index in [0.29, 0.717) is 0 Å². The molecule has 0 aliphatic carbocycles. The van der Waals surface area contributed by atoms with Crippen molar-refractivity contribution in [2.45, 2.75) is 37.0 Å². The first-order valence-electron chi connectivity index (χ1n) is 17.5. The molecule has 3 nitrogen and oxygen atoms in total. The monoisotopic (exact) mass is 904 g/mol. The molecule has 0 aliphatic rings. The van der Waals surface area contributed by atoms with Gasteiger partial charge in [0.25, 0.3) is 0 Å². The Bertz CT molecular complexity index is 2410. The molecule has 0 saturated carbocycles. The minimum atomic E-state index is -1.72. The fourth-order valence-electron chi connectivity index (χ4n) is 6.02. The van der Waals surface area contributed by atoms with Crippen LogP contribution in [0.4, 0.5) is 0 Å². The van der Waals surface area contributed by atoms with Gasteiger partial charge in [0.05, 0.1) is 5.58 Å². The summed E-state index contributed by atoms with van der Waals surface area (Å²) in [6.45, 7) is 3.76. The maximum atomic E-state index is 8.39. The molecule has 0 atom stereocenters. The van der Waals surface area contributed by atoms with E-state index in [-0.39, 0.29) is 20.1 Å². The third kappa shape index (κ3) is 8.15. The molecule has 51 heavy (non-hydrogen) atoms. The summed E-state index contributed by atoms with van der Waals surface area (Å²) in [5.41, 5.74) is 10.8. The van der Waals surface area contributed by atoms with Crippen molar-refractivity contribution in [1.82, 2.24) is 9.97 Å². The predicted octanol–water partition coefficient (Wildman–Crippen LogP) is 12.0. The maximum absolute atomic E-state index is 8.39. The molecule has 5 heteroatoms. The van der Waals surface area contributed by atoms with Gasteiger partial charge in [-0.3, -0.25) is 0 Å². The molecule has 3 aromatic heterocycles. The molecular weight excluding hydrogens is 861 g/mol. The van der Waals surface area contributed by atoms with Gasteiger partial charge in [-0.1, -0.05) is 103 Å². The fourth-order valence-corrected chi connectivity index (χ4v) is 8.20. The summed E-state index contributed by atoms with van der Waals surface area (Å²) >= 11 is -1.72. The summed E-state index contributed by atoms with van der Waals surface area (Å²) in [7, 11) is 0. The van der Waals surface area contributed by atoms with Gasteiger partial charge < -0.3 is 9.40 Å². The molecular formula is C46H40GeIrN2O-2. The Morgan fingerprint density at radius 2 is 1.35 bits per heavy atom. The SMILES string of the molecule is [2H]C(C)(C)c1ccnc(-c2[c-]ccc3c2oc2cc(-c4ccc(-c5ccccc5)cc4)ccc23)c1.[CH3][Ge]([CH3])([CH3])[c]1ccc(-c2[c-]cccc2)nc1.[Ir]. The summed E-state index contributed by atoms with van der Waals surface area (Å²) in [4.78, 5) is 9.10. The van der Waals surface area contributed by atoms with Crippen molar-refractivity contribution in [2.75, 3.05) is 0 Å². The molecule has 5 aromatic carbocycles. The number of rotatable bonds is 6. The van der Waals surface area contributed by atoms with E-state index in [1.54, 1.807) is 6.20 Å². The number of aromatic nitrogens is 2. The number of furan rings is 1. The second-order valence-corrected chi connectivity index (χ2v) is 24.4. The molecule has 8 rings (SSSR count). The van der Waals surface area contributed by atoms with Crippen molar-refractivity contribution in [2.24, 2.45) is 0 Å². The summed E-state index contributed by atoms with van der Waals surface area (Å²) in [5, 5.41) is 2.11. The zero-order chi connectivity index (χ0) is 35.6. The van der Waals surface area contributed by atoms with E-state index in [4.69, 9.17) is 5.79 Å². The zero-order valence-corrected chi connectivity index (χ0v) is 34.0. The summed E-state index contributed by atoms with van der Waals surface area (Å²) in [5.74, 6) is 6.44. The quantitative estimate of drug-likeness (QED) is 0.123. The topological polar surface area (TPSA) is 38.9 Å². The number of pyridine rings is 2. The van der Waals surface area contributed by atoms with Crippen LogP contribution in [0.2, 0.25) is 17.3 Å². The number of hydrogen-bond acceptors (Lipinski definition) is 3. The van der Waals surface area contributed by atoms with Gasteiger partial charge in [0.2, 0.25) is 0 Å². The van der Waals surface area contributed by atoms with Crippen LogP contribution in [0.25, 0.3) is 66.7 Å². The zero-order valence-electron chi connectivity index (χ0n) is 30.5. The minimum Gasteiger partial charge on any atom is 0 e. The summed E-state index contributed by atoms with van der Waals surface area (Å²) in [6.07, 6.45) is 3.80. The number of fused-ring (bicyclic) bond motifs is 3. The van der Waals surface area contributed by atoms with Crippen LogP contribution >= 0.6 is 0 Å². The molecule has 0 fully saturated rings. The first kappa shape index (κ1) is 34.8. The Labute approximate surface area is 318 Å². The van der Waals surface area contributed by atoms with Crippen molar-refractivity contribution in [3.63, 3.8) is 0 Å². The maximum Gasteiger partial charge on any atom is 0 e. The Balaban J connectivity index is 0.000000230. The van der Waals surface area contributed by atoms with Crippen molar-refractivity contribution in [1.29, 1.82) is 0 Å². The third-order valence-corrected chi connectivity index (χ3v) is 13.2. The molecule has 0 N–H and O–H groups in total. The minimum absolute atomic E-state index is 0. The van der Waals surface area contributed by atoms with Crippen LogP contribution in [0.5, 0.6) is 0 Å². The van der Waals surface area contributed by atoms with E-state index in [1.165, 1.54) is 15.5 Å². The molecule has 3 heterocycles. The standard InChI is InChI=1S/C32H24NO.C14H16GeN.Ir/c1-21(2)25-17-18-33-30(19-25)29-10-6-9-28-27-16-15-26(20-31(27)34-32(28)29)24-13-11-23(12-14-24)22-7-4-3-5-8-22;1-15(2,3)13-9-10-14(16-11-13)12-7-5-4-6-8-12;/h3-9,11-21H,1-2H3;4-7,9-11H,1-3H3;/q2*-1;/i21D;;. The molecule has 0 bridgehead atoms. The number of benzene rings is 5. The van der Waals surface area contributed by atoms with Crippen LogP contribution < -0.4 is 4.40 Å². The Kier molecular flexibility index (Phi) is 10.7. The molecule has 8 aromatic rings. The molecule has 0 unspecified atom stereocenters. The van der Waals surface area contributed by atoms with E-state index < -0.39 is 19.2 Å². The molecule has 0 spiro atoms. The normalized spacial score (nSPS) is 11.7. The van der Waals surface area contributed by atoms with Gasteiger partial charge in [-0.2, -0.15) is 0 Å². The van der Waals surface area contributed by atoms with Crippen molar-refractivity contribution in [3.05, 3.63) is 164 Å². The summed E-state index contributed by atoms with van der Waals surface area (Å²) in [6, 6.07) is 52.0. The first-order chi connectivity index (χ1) is 24.5. The van der Waals surface area contributed by atoms with E-state index in [9.17, 15) is 0 Å². The Morgan fingerprint density at radius 1 is 0.647 bits per heavy atom. The van der Waals surface area contributed by atoms with Crippen molar-refractivity contribution in [3.8, 4) is 44.8 Å². The average molecular weight is 903 g/mol. The number of nitrogens with zero attached hydrogens (tertiary/aromatic N) is 2. The largest absolute Gasteiger partial charge is 0 e. The van der Waals surface area contributed by atoms with Crippen LogP contribution in [0.15, 0.2) is 150 Å². The average Bonchev–Trinajstić information content (AvgIpc) is 3.54. The van der Waals surface area contributed by atoms with Gasteiger partial charge in [-0.25, -0.2) is 0 Å². The molecule has 0 aliphatic heterocycles. The van der Waals surface area contributed by atoms with Crippen molar-refractivity contribution < 1.29 is 25.9 Å². The van der Waals surface area contributed by atoms with Crippen LogP contribution in [0, 0.1) is 12.1 Å². The Hall–Kier alpha value is -4.61. The van der Waals surface area contributed by atoms with Crippen molar-refractivity contribution >= 4 is 39.6 Å². The second-order valence-electron chi connectivity index (χ2n) is 13.7. The van der Waals surface area contributed by atoms with E-state index in [2.05, 4.69) is 118 Å². The van der Waals surface area contributed by atoms with Gasteiger partial charge in [-0.05, 0) is 46.0 Å². The smallest absolute Gasteiger partial charge is 0 e. The summed E-state index contributed by atoms with van der Waals surface area (Å²) < 4.78 is 16.2. The van der Waals surface area contributed by atoms with Gasteiger partial charge >= 0.3 is 99.8 Å². The van der Waals surface area contributed by atoms with Crippen LogP contribution in [0.3, 0.4) is 0 Å². The molecule has 255 valence electrons. The van der Waals surface area contributed by atoms with E-state index in [0.717, 1.165) is 61.1 Å². The van der Waals surface area contributed by atoms with Crippen LogP contribution in [-0.2, 0) is 20.1 Å². The van der Waals surface area contributed by atoms with Crippen LogP contribution in [0.1, 0.15) is 26.7 Å². The predicted molar refractivity (Wildman–Crippen MR) is 212 cm³/mol. The van der Waals surface area contributed by atoms with Gasteiger partial charge in [0.15, 0.2) is 0 Å². The second kappa shape index (κ2) is 15.7.